The highest BCUT2D eigenvalue weighted by atomic mass is 35.5. The molecule has 26 heavy (non-hydrogen) atoms. The molecule has 0 aliphatic carbocycles. The number of nitrogens with one attached hydrogen (secondary N) is 2. The molecule has 3 aromatic rings. The van der Waals surface area contributed by atoms with Crippen LogP contribution >= 0.6 is 23.2 Å². The minimum absolute atomic E-state index is 0.266. The number of rotatable bonds is 5. The second-order valence-corrected chi connectivity index (χ2v) is 6.37. The molecular formula is C18H14Cl2N4O2. The van der Waals surface area contributed by atoms with E-state index in [0.717, 1.165) is 22.7 Å². The summed E-state index contributed by atoms with van der Waals surface area (Å²) >= 11 is 12.0. The summed E-state index contributed by atoms with van der Waals surface area (Å²) in [5.41, 5.74) is 1.82. The predicted octanol–water partition coefficient (Wildman–Crippen LogP) is 4.87. The maximum absolute atomic E-state index is 6.02. The Morgan fingerprint density at radius 3 is 2.73 bits per heavy atom. The molecule has 1 aliphatic heterocycles. The van der Waals surface area contributed by atoms with Gasteiger partial charge in [0, 0.05) is 18.4 Å². The highest BCUT2D eigenvalue weighted by molar-refractivity contribution is 6.42. The quantitative estimate of drug-likeness (QED) is 0.649. The molecule has 0 atom stereocenters. The molecule has 1 aromatic heterocycles. The molecule has 2 aromatic carbocycles. The van der Waals surface area contributed by atoms with Crippen molar-refractivity contribution in [1.29, 1.82) is 0 Å². The van der Waals surface area contributed by atoms with Crippen molar-refractivity contribution in [1.82, 2.24) is 9.97 Å². The number of benzene rings is 2. The summed E-state index contributed by atoms with van der Waals surface area (Å²) in [5, 5.41) is 7.33. The molecule has 0 saturated carbocycles. The number of halogens is 2. The summed E-state index contributed by atoms with van der Waals surface area (Å²) in [6.45, 7) is 0.863. The Hall–Kier alpha value is -2.70. The van der Waals surface area contributed by atoms with Gasteiger partial charge in [-0.05, 0) is 42.0 Å². The van der Waals surface area contributed by atoms with Crippen LogP contribution in [0.15, 0.2) is 48.7 Å². The molecular weight excluding hydrogens is 375 g/mol. The van der Waals surface area contributed by atoms with Crippen molar-refractivity contribution in [2.24, 2.45) is 0 Å². The number of hydrogen-bond acceptors (Lipinski definition) is 6. The Labute approximate surface area is 160 Å². The summed E-state index contributed by atoms with van der Waals surface area (Å²) in [6, 6.07) is 12.9. The van der Waals surface area contributed by atoms with Crippen molar-refractivity contribution in [3.8, 4) is 11.5 Å². The fourth-order valence-electron chi connectivity index (χ4n) is 2.46. The number of aromatic nitrogens is 2. The Kier molecular flexibility index (Phi) is 4.69. The number of anilines is 3. The smallest absolute Gasteiger partial charge is 0.231 e. The fraction of sp³-hybridized carbons (Fsp3) is 0.111. The van der Waals surface area contributed by atoms with E-state index in [2.05, 4.69) is 20.6 Å². The Morgan fingerprint density at radius 2 is 1.85 bits per heavy atom. The van der Waals surface area contributed by atoms with Crippen LogP contribution in [-0.2, 0) is 6.54 Å². The Balaban J connectivity index is 1.43. The van der Waals surface area contributed by atoms with Gasteiger partial charge in [-0.1, -0.05) is 29.3 Å². The van der Waals surface area contributed by atoms with Gasteiger partial charge in [-0.2, -0.15) is 4.98 Å². The molecule has 0 bridgehead atoms. The molecule has 1 aliphatic rings. The molecule has 4 rings (SSSR count). The summed E-state index contributed by atoms with van der Waals surface area (Å²) in [7, 11) is 0. The second kappa shape index (κ2) is 7.27. The van der Waals surface area contributed by atoms with E-state index in [1.165, 1.54) is 0 Å². The fourth-order valence-corrected chi connectivity index (χ4v) is 2.76. The van der Waals surface area contributed by atoms with Gasteiger partial charge in [0.1, 0.15) is 5.82 Å². The summed E-state index contributed by atoms with van der Waals surface area (Å²) < 4.78 is 10.7. The van der Waals surface area contributed by atoms with Crippen molar-refractivity contribution in [2.75, 3.05) is 17.4 Å². The summed E-state index contributed by atoms with van der Waals surface area (Å²) in [5.74, 6) is 2.68. The number of nitrogens with zero attached hydrogens (tertiary/aromatic N) is 2. The highest BCUT2D eigenvalue weighted by Crippen LogP contribution is 2.32. The topological polar surface area (TPSA) is 68.3 Å². The SMILES string of the molecule is Clc1ccc(Nc2nccc(NCc3ccc4c(c3)OCO4)n2)cc1Cl. The Morgan fingerprint density at radius 1 is 0.962 bits per heavy atom. The molecule has 2 N–H and O–H groups in total. The van der Waals surface area contributed by atoms with Crippen LogP contribution in [0.5, 0.6) is 11.5 Å². The zero-order chi connectivity index (χ0) is 17.9. The van der Waals surface area contributed by atoms with Gasteiger partial charge in [0.25, 0.3) is 0 Å². The lowest BCUT2D eigenvalue weighted by molar-refractivity contribution is 0.174. The van der Waals surface area contributed by atoms with Crippen LogP contribution in [0.3, 0.4) is 0 Å². The summed E-state index contributed by atoms with van der Waals surface area (Å²) in [4.78, 5) is 8.66. The third-order valence-corrected chi connectivity index (χ3v) is 4.48. The van der Waals surface area contributed by atoms with E-state index >= 15 is 0 Å². The van der Waals surface area contributed by atoms with Gasteiger partial charge in [0.15, 0.2) is 11.5 Å². The van der Waals surface area contributed by atoms with E-state index < -0.39 is 0 Å². The van der Waals surface area contributed by atoms with Crippen LogP contribution in [0, 0.1) is 0 Å². The molecule has 0 radical (unpaired) electrons. The minimum Gasteiger partial charge on any atom is -0.454 e. The first kappa shape index (κ1) is 16.8. The molecule has 0 unspecified atom stereocenters. The number of fused-ring (bicyclic) bond motifs is 1. The van der Waals surface area contributed by atoms with Crippen LogP contribution in [-0.4, -0.2) is 16.8 Å². The molecule has 6 nitrogen and oxygen atoms in total. The second-order valence-electron chi connectivity index (χ2n) is 5.56. The van der Waals surface area contributed by atoms with E-state index in [4.69, 9.17) is 32.7 Å². The van der Waals surface area contributed by atoms with Crippen LogP contribution in [0.4, 0.5) is 17.5 Å². The minimum atomic E-state index is 0.266. The third-order valence-electron chi connectivity index (χ3n) is 3.74. The zero-order valence-electron chi connectivity index (χ0n) is 13.5. The van der Waals surface area contributed by atoms with Gasteiger partial charge >= 0.3 is 0 Å². The predicted molar refractivity (Wildman–Crippen MR) is 102 cm³/mol. The highest BCUT2D eigenvalue weighted by Gasteiger charge is 2.13. The van der Waals surface area contributed by atoms with Crippen molar-refractivity contribution in [3.05, 3.63) is 64.3 Å². The van der Waals surface area contributed by atoms with Gasteiger partial charge in [0.2, 0.25) is 12.7 Å². The lowest BCUT2D eigenvalue weighted by atomic mass is 10.2. The van der Waals surface area contributed by atoms with Gasteiger partial charge in [-0.15, -0.1) is 0 Å². The normalized spacial score (nSPS) is 12.1. The van der Waals surface area contributed by atoms with Crippen LogP contribution < -0.4 is 20.1 Å². The Bertz CT molecular complexity index is 952. The largest absolute Gasteiger partial charge is 0.454 e. The van der Waals surface area contributed by atoms with E-state index in [0.29, 0.717) is 28.4 Å². The van der Waals surface area contributed by atoms with Crippen LogP contribution in [0.2, 0.25) is 10.0 Å². The van der Waals surface area contributed by atoms with E-state index in [1.807, 2.05) is 24.3 Å². The van der Waals surface area contributed by atoms with E-state index in [9.17, 15) is 0 Å². The number of hydrogen-bond donors (Lipinski definition) is 2. The molecule has 132 valence electrons. The maximum Gasteiger partial charge on any atom is 0.231 e. The van der Waals surface area contributed by atoms with Crippen molar-refractivity contribution in [3.63, 3.8) is 0 Å². The molecule has 0 spiro atoms. The lowest BCUT2D eigenvalue weighted by Gasteiger charge is -2.09. The van der Waals surface area contributed by atoms with Crippen molar-refractivity contribution < 1.29 is 9.47 Å². The van der Waals surface area contributed by atoms with Gasteiger partial charge in [-0.3, -0.25) is 0 Å². The standard InChI is InChI=1S/C18H14Cl2N4O2/c19-13-3-2-12(8-14(13)20)23-18-21-6-5-17(24-18)22-9-11-1-4-15-16(7-11)26-10-25-15/h1-8H,9-10H2,(H2,21,22,23,24). The average Bonchev–Trinajstić information content (AvgIpc) is 3.11. The monoisotopic (exact) mass is 388 g/mol. The zero-order valence-corrected chi connectivity index (χ0v) is 15.0. The first-order valence-corrected chi connectivity index (χ1v) is 8.60. The van der Waals surface area contributed by atoms with E-state index in [1.54, 1.807) is 24.4 Å². The van der Waals surface area contributed by atoms with Gasteiger partial charge < -0.3 is 20.1 Å². The summed E-state index contributed by atoms with van der Waals surface area (Å²) in [6.07, 6.45) is 1.68. The molecule has 0 saturated heterocycles. The average molecular weight is 389 g/mol. The first-order chi connectivity index (χ1) is 12.7. The maximum atomic E-state index is 6.02. The van der Waals surface area contributed by atoms with E-state index in [-0.39, 0.29) is 6.79 Å². The van der Waals surface area contributed by atoms with Crippen molar-refractivity contribution >= 4 is 40.7 Å². The molecule has 8 heteroatoms. The van der Waals surface area contributed by atoms with Gasteiger partial charge in [0.05, 0.1) is 10.0 Å². The lowest BCUT2D eigenvalue weighted by Crippen LogP contribution is -2.04. The molecule has 0 amide bonds. The van der Waals surface area contributed by atoms with Crippen molar-refractivity contribution in [2.45, 2.75) is 6.54 Å². The molecule has 0 fully saturated rings. The third kappa shape index (κ3) is 3.76. The van der Waals surface area contributed by atoms with Crippen LogP contribution in [0.1, 0.15) is 5.56 Å². The van der Waals surface area contributed by atoms with Gasteiger partial charge in [-0.25, -0.2) is 4.98 Å². The first-order valence-electron chi connectivity index (χ1n) is 7.85. The number of ether oxygens (including phenoxy) is 2. The van der Waals surface area contributed by atoms with Crippen LogP contribution in [0.25, 0.3) is 0 Å². The molecule has 2 heterocycles.